The van der Waals surface area contributed by atoms with Gasteiger partial charge < -0.3 is 14.6 Å². The number of aryl methyl sites for hydroxylation is 1. The van der Waals surface area contributed by atoms with Gasteiger partial charge in [0.15, 0.2) is 0 Å². The molecule has 0 radical (unpaired) electrons. The highest BCUT2D eigenvalue weighted by Crippen LogP contribution is 2.21. The number of carbonyl (C=O) groups excluding carboxylic acids is 1. The zero-order chi connectivity index (χ0) is 19.0. The summed E-state index contributed by atoms with van der Waals surface area (Å²) in [5.74, 6) is -0.373. The molecule has 4 rings (SSSR count). The largest absolute Gasteiger partial charge is 0.464 e. The second-order valence-electron chi connectivity index (χ2n) is 6.71. The first kappa shape index (κ1) is 17.3. The Morgan fingerprint density at radius 1 is 1.26 bits per heavy atom. The summed E-state index contributed by atoms with van der Waals surface area (Å²) in [6.07, 6.45) is 3.95. The van der Waals surface area contributed by atoms with Gasteiger partial charge in [-0.25, -0.2) is 9.78 Å². The van der Waals surface area contributed by atoms with E-state index >= 15 is 0 Å². The Hall–Kier alpha value is -3.12. The molecule has 0 aliphatic rings. The molecule has 1 atom stereocenters. The van der Waals surface area contributed by atoms with E-state index in [1.54, 1.807) is 10.5 Å². The fourth-order valence-corrected chi connectivity index (χ4v) is 3.34. The Morgan fingerprint density at radius 3 is 2.93 bits per heavy atom. The number of hydrogen-bond acceptors (Lipinski definition) is 4. The van der Waals surface area contributed by atoms with Gasteiger partial charge in [0.05, 0.1) is 12.8 Å². The number of esters is 1. The predicted molar refractivity (Wildman–Crippen MR) is 105 cm³/mol. The van der Waals surface area contributed by atoms with E-state index in [1.807, 2.05) is 18.3 Å². The zero-order valence-corrected chi connectivity index (χ0v) is 15.6. The summed E-state index contributed by atoms with van der Waals surface area (Å²) in [6, 6.07) is 14.2. The topological polar surface area (TPSA) is 60.6 Å². The highest BCUT2D eigenvalue weighted by Gasteiger charge is 2.13. The van der Waals surface area contributed by atoms with E-state index in [0.29, 0.717) is 12.2 Å². The Balaban J connectivity index is 1.53. The number of aromatic nitrogens is 3. The van der Waals surface area contributed by atoms with Crippen molar-refractivity contribution in [3.8, 4) is 0 Å². The van der Waals surface area contributed by atoms with Gasteiger partial charge in [-0.1, -0.05) is 18.2 Å². The molecule has 0 saturated carbocycles. The van der Waals surface area contributed by atoms with Gasteiger partial charge in [-0.15, -0.1) is 0 Å². The van der Waals surface area contributed by atoms with E-state index in [9.17, 15) is 4.79 Å². The molecule has 3 aromatic heterocycles. The average Bonchev–Trinajstić information content (AvgIpc) is 3.28. The monoisotopic (exact) mass is 362 g/mol. The lowest BCUT2D eigenvalue weighted by molar-refractivity contribution is 0.0592. The van der Waals surface area contributed by atoms with Gasteiger partial charge in [-0.2, -0.15) is 0 Å². The van der Waals surface area contributed by atoms with Crippen molar-refractivity contribution in [1.29, 1.82) is 0 Å². The summed E-state index contributed by atoms with van der Waals surface area (Å²) in [5.41, 5.74) is 4.52. The van der Waals surface area contributed by atoms with Gasteiger partial charge in [0, 0.05) is 37.5 Å². The number of pyridine rings is 1. The van der Waals surface area contributed by atoms with Gasteiger partial charge in [0.25, 0.3) is 0 Å². The predicted octanol–water partition coefficient (Wildman–Crippen LogP) is 3.46. The van der Waals surface area contributed by atoms with E-state index < -0.39 is 0 Å². The highest BCUT2D eigenvalue weighted by atomic mass is 16.5. The van der Waals surface area contributed by atoms with Gasteiger partial charge >= 0.3 is 5.97 Å². The van der Waals surface area contributed by atoms with Crippen molar-refractivity contribution in [2.75, 3.05) is 7.11 Å². The summed E-state index contributed by atoms with van der Waals surface area (Å²) in [4.78, 5) is 16.5. The molecular weight excluding hydrogens is 340 g/mol. The molecule has 6 nitrogen and oxygen atoms in total. The number of carbonyl (C=O) groups is 1. The van der Waals surface area contributed by atoms with E-state index in [1.165, 1.54) is 23.6 Å². The number of rotatable bonds is 5. The van der Waals surface area contributed by atoms with Crippen molar-refractivity contribution in [3.63, 3.8) is 0 Å². The van der Waals surface area contributed by atoms with Crippen LogP contribution in [0.1, 0.15) is 34.7 Å². The smallest absolute Gasteiger partial charge is 0.355 e. The molecular formula is C21H22N4O2. The molecule has 0 saturated heterocycles. The first-order chi connectivity index (χ1) is 13.1. The van der Waals surface area contributed by atoms with Gasteiger partial charge in [-0.3, -0.25) is 4.40 Å². The first-order valence-electron chi connectivity index (χ1n) is 8.90. The minimum Gasteiger partial charge on any atom is -0.464 e. The van der Waals surface area contributed by atoms with Crippen molar-refractivity contribution in [2.24, 2.45) is 7.05 Å². The SMILES string of the molecule is COC(=O)c1cccc2nc(CNC(C)c3ccc4ccn(C)c4c3)cn12. The number of imidazole rings is 1. The van der Waals surface area contributed by atoms with E-state index in [-0.39, 0.29) is 12.0 Å². The lowest BCUT2D eigenvalue weighted by Crippen LogP contribution is -2.18. The average molecular weight is 362 g/mol. The molecule has 27 heavy (non-hydrogen) atoms. The van der Waals surface area contributed by atoms with Crippen LogP contribution >= 0.6 is 0 Å². The minimum absolute atomic E-state index is 0.175. The van der Waals surface area contributed by atoms with Crippen LogP contribution in [0.25, 0.3) is 16.6 Å². The molecule has 3 heterocycles. The van der Waals surface area contributed by atoms with Crippen LogP contribution in [0.5, 0.6) is 0 Å². The van der Waals surface area contributed by atoms with Crippen LogP contribution in [-0.4, -0.2) is 27.0 Å². The molecule has 0 aliphatic carbocycles. The van der Waals surface area contributed by atoms with Gasteiger partial charge in [0.2, 0.25) is 0 Å². The summed E-state index contributed by atoms with van der Waals surface area (Å²) >= 11 is 0. The summed E-state index contributed by atoms with van der Waals surface area (Å²) < 4.78 is 8.74. The third-order valence-electron chi connectivity index (χ3n) is 4.94. The van der Waals surface area contributed by atoms with Crippen molar-refractivity contribution in [3.05, 3.63) is 71.8 Å². The molecule has 0 amide bonds. The van der Waals surface area contributed by atoms with Crippen LogP contribution in [0.3, 0.4) is 0 Å². The second kappa shape index (κ2) is 6.89. The van der Waals surface area contributed by atoms with E-state index in [4.69, 9.17) is 4.74 Å². The lowest BCUT2D eigenvalue weighted by atomic mass is 10.1. The second-order valence-corrected chi connectivity index (χ2v) is 6.71. The standard InChI is InChI=1S/C21H22N4O2/c1-14(16-8-7-15-9-10-24(2)19(15)11-16)22-12-17-13-25-18(21(26)27-3)5-4-6-20(25)23-17/h4-11,13-14,22H,12H2,1-3H3. The molecule has 0 aliphatic heterocycles. The third kappa shape index (κ3) is 3.19. The summed E-state index contributed by atoms with van der Waals surface area (Å²) in [7, 11) is 3.44. The lowest BCUT2D eigenvalue weighted by Gasteiger charge is -2.14. The number of benzene rings is 1. The minimum atomic E-state index is -0.373. The molecule has 1 aromatic carbocycles. The molecule has 138 valence electrons. The molecule has 4 aromatic rings. The third-order valence-corrected chi connectivity index (χ3v) is 4.94. The molecule has 0 fully saturated rings. The van der Waals surface area contributed by atoms with Crippen LogP contribution in [0.2, 0.25) is 0 Å². The maximum absolute atomic E-state index is 11.9. The van der Waals surface area contributed by atoms with Crippen LogP contribution in [0.4, 0.5) is 0 Å². The molecule has 0 bridgehead atoms. The molecule has 0 spiro atoms. The van der Waals surface area contributed by atoms with Crippen LogP contribution < -0.4 is 5.32 Å². The summed E-state index contributed by atoms with van der Waals surface area (Å²) in [5, 5.41) is 4.75. The fraction of sp³-hybridized carbons (Fsp3) is 0.238. The van der Waals surface area contributed by atoms with E-state index in [2.05, 4.69) is 59.3 Å². The molecule has 1 unspecified atom stereocenters. The summed E-state index contributed by atoms with van der Waals surface area (Å²) in [6.45, 7) is 2.74. The first-order valence-corrected chi connectivity index (χ1v) is 8.90. The number of fused-ring (bicyclic) bond motifs is 2. The maximum atomic E-state index is 11.9. The van der Waals surface area contributed by atoms with Crippen molar-refractivity contribution >= 4 is 22.5 Å². The maximum Gasteiger partial charge on any atom is 0.355 e. The zero-order valence-electron chi connectivity index (χ0n) is 15.6. The normalized spacial score (nSPS) is 12.6. The Labute approximate surface area is 157 Å². The molecule has 1 N–H and O–H groups in total. The van der Waals surface area contributed by atoms with E-state index in [0.717, 1.165) is 11.3 Å². The number of ether oxygens (including phenoxy) is 1. The number of nitrogens with one attached hydrogen (secondary N) is 1. The van der Waals surface area contributed by atoms with Gasteiger partial charge in [-0.05, 0) is 42.1 Å². The Morgan fingerprint density at radius 2 is 2.11 bits per heavy atom. The fourth-order valence-electron chi connectivity index (χ4n) is 3.34. The van der Waals surface area contributed by atoms with Crippen molar-refractivity contribution in [2.45, 2.75) is 19.5 Å². The Bertz CT molecular complexity index is 1130. The van der Waals surface area contributed by atoms with Crippen LogP contribution in [0, 0.1) is 0 Å². The number of methoxy groups -OCH3 is 1. The van der Waals surface area contributed by atoms with Crippen molar-refractivity contribution < 1.29 is 9.53 Å². The number of nitrogens with zero attached hydrogens (tertiary/aromatic N) is 3. The quantitative estimate of drug-likeness (QED) is 0.552. The Kier molecular flexibility index (Phi) is 4.41. The van der Waals surface area contributed by atoms with Gasteiger partial charge in [0.1, 0.15) is 11.3 Å². The number of hydrogen-bond donors (Lipinski definition) is 1. The van der Waals surface area contributed by atoms with Crippen LogP contribution in [0.15, 0.2) is 54.9 Å². The molecule has 6 heteroatoms. The van der Waals surface area contributed by atoms with Crippen LogP contribution in [-0.2, 0) is 18.3 Å². The highest BCUT2D eigenvalue weighted by molar-refractivity contribution is 5.88. The van der Waals surface area contributed by atoms with Crippen molar-refractivity contribution in [1.82, 2.24) is 19.3 Å².